The van der Waals surface area contributed by atoms with E-state index in [2.05, 4.69) is 297 Å². The molecule has 0 aliphatic heterocycles. The lowest BCUT2D eigenvalue weighted by Gasteiger charge is -2.13. The van der Waals surface area contributed by atoms with Crippen molar-refractivity contribution in [3.05, 3.63) is 279 Å². The summed E-state index contributed by atoms with van der Waals surface area (Å²) in [5.74, 6) is 0. The van der Waals surface area contributed by atoms with Crippen LogP contribution in [0.5, 0.6) is 0 Å². The van der Waals surface area contributed by atoms with Gasteiger partial charge in [0.05, 0.1) is 44.1 Å². The van der Waals surface area contributed by atoms with Gasteiger partial charge in [0.25, 0.3) is 0 Å². The van der Waals surface area contributed by atoms with E-state index in [1.54, 1.807) is 0 Å². The highest BCUT2D eigenvalue weighted by Gasteiger charge is 2.22. The lowest BCUT2D eigenvalue weighted by Crippen LogP contribution is -1.96. The third-order valence-electron chi connectivity index (χ3n) is 15.9. The number of fused-ring (bicyclic) bond motifs is 12. The average molecular weight is 967 g/mol. The fourth-order valence-electron chi connectivity index (χ4n) is 12.5. The molecule has 0 bridgehead atoms. The van der Waals surface area contributed by atoms with Gasteiger partial charge in [-0.25, -0.2) is 0 Å². The van der Waals surface area contributed by atoms with Crippen LogP contribution in [-0.2, 0) is 0 Å². The Hall–Kier alpha value is -10.2. The lowest BCUT2D eigenvalue weighted by molar-refractivity contribution is 1.16. The van der Waals surface area contributed by atoms with Crippen molar-refractivity contribution in [1.82, 2.24) is 18.3 Å². The zero-order chi connectivity index (χ0) is 49.8. The second kappa shape index (κ2) is 16.7. The fraction of sp³-hybridized carbons (Fsp3) is 0. The molecule has 4 heterocycles. The average Bonchev–Trinajstić information content (AvgIpc) is 4.26. The highest BCUT2D eigenvalue weighted by Crippen LogP contribution is 2.43. The largest absolute Gasteiger partial charge is 0.309 e. The molecule has 4 aromatic heterocycles. The van der Waals surface area contributed by atoms with E-state index in [-0.39, 0.29) is 0 Å². The number of aromatic nitrogens is 4. The number of benzene rings is 12. The highest BCUT2D eigenvalue weighted by atomic mass is 15.0. The van der Waals surface area contributed by atoms with Gasteiger partial charge >= 0.3 is 0 Å². The fourth-order valence-corrected chi connectivity index (χ4v) is 12.5. The van der Waals surface area contributed by atoms with E-state index in [4.69, 9.17) is 0 Å². The normalized spacial score (nSPS) is 11.9. The van der Waals surface area contributed by atoms with Crippen LogP contribution in [0.2, 0.25) is 0 Å². The maximum atomic E-state index is 2.47. The van der Waals surface area contributed by atoms with Crippen LogP contribution < -0.4 is 0 Å². The van der Waals surface area contributed by atoms with Crippen LogP contribution in [0, 0.1) is 0 Å². The quantitative estimate of drug-likeness (QED) is 0.152. The minimum absolute atomic E-state index is 1.12. The van der Waals surface area contributed by atoms with Gasteiger partial charge in [-0.15, -0.1) is 0 Å². The van der Waals surface area contributed by atoms with Gasteiger partial charge < -0.3 is 18.3 Å². The van der Waals surface area contributed by atoms with Crippen LogP contribution in [0.4, 0.5) is 0 Å². The van der Waals surface area contributed by atoms with E-state index >= 15 is 0 Å². The second-order valence-corrected chi connectivity index (χ2v) is 20.1. The Balaban J connectivity index is 0.853. The number of rotatable bonds is 7. The summed E-state index contributed by atoms with van der Waals surface area (Å²) in [6.07, 6.45) is 0. The van der Waals surface area contributed by atoms with Crippen molar-refractivity contribution in [2.45, 2.75) is 0 Å². The molecular weight excluding hydrogens is 921 g/mol. The van der Waals surface area contributed by atoms with Gasteiger partial charge in [0, 0.05) is 65.8 Å². The highest BCUT2D eigenvalue weighted by molar-refractivity contribution is 6.21. The van der Waals surface area contributed by atoms with Crippen molar-refractivity contribution in [3.63, 3.8) is 0 Å². The summed E-state index contributed by atoms with van der Waals surface area (Å²) in [5.41, 5.74) is 21.1. The molecule has 0 saturated carbocycles. The van der Waals surface area contributed by atoms with Crippen molar-refractivity contribution >= 4 is 87.2 Å². The molecule has 4 nitrogen and oxygen atoms in total. The molecule has 16 aromatic rings. The van der Waals surface area contributed by atoms with Crippen LogP contribution >= 0.6 is 0 Å². The van der Waals surface area contributed by atoms with Crippen molar-refractivity contribution in [1.29, 1.82) is 0 Å². The van der Waals surface area contributed by atoms with E-state index in [1.165, 1.54) is 109 Å². The predicted molar refractivity (Wildman–Crippen MR) is 320 cm³/mol. The van der Waals surface area contributed by atoms with Crippen LogP contribution in [0.25, 0.3) is 143 Å². The minimum atomic E-state index is 1.12. The molecule has 0 fully saturated rings. The summed E-state index contributed by atoms with van der Waals surface area (Å²) in [7, 11) is 0. The molecule has 0 saturated heterocycles. The Kier molecular flexibility index (Phi) is 9.30. The van der Waals surface area contributed by atoms with E-state index in [0.717, 1.165) is 33.9 Å². The first-order valence-electron chi connectivity index (χ1n) is 26.2. The van der Waals surface area contributed by atoms with Gasteiger partial charge in [0.15, 0.2) is 0 Å². The maximum absolute atomic E-state index is 2.47. The first kappa shape index (κ1) is 42.4. The molecule has 0 aliphatic carbocycles. The summed E-state index contributed by atoms with van der Waals surface area (Å²) in [6, 6.07) is 102. The molecule has 0 atom stereocenters. The molecule has 16 rings (SSSR count). The zero-order valence-corrected chi connectivity index (χ0v) is 41.3. The number of para-hydroxylation sites is 4. The number of nitrogens with zero attached hydrogens (tertiary/aromatic N) is 4. The molecule has 354 valence electrons. The zero-order valence-electron chi connectivity index (χ0n) is 41.3. The summed E-state index contributed by atoms with van der Waals surface area (Å²) >= 11 is 0. The lowest BCUT2D eigenvalue weighted by atomic mass is 10.0. The number of hydrogen-bond acceptors (Lipinski definition) is 0. The van der Waals surface area contributed by atoms with Crippen molar-refractivity contribution in [3.8, 4) is 56.1 Å². The van der Waals surface area contributed by atoms with E-state index < -0.39 is 0 Å². The summed E-state index contributed by atoms with van der Waals surface area (Å²) < 4.78 is 9.77. The monoisotopic (exact) mass is 966 g/mol. The van der Waals surface area contributed by atoms with E-state index in [1.807, 2.05) is 0 Å². The second-order valence-electron chi connectivity index (χ2n) is 20.1. The smallest absolute Gasteiger partial charge is 0.0562 e. The van der Waals surface area contributed by atoms with Crippen LogP contribution in [0.1, 0.15) is 0 Å². The summed E-state index contributed by atoms with van der Waals surface area (Å²) in [5, 5.41) is 9.93. The minimum Gasteiger partial charge on any atom is -0.309 e. The van der Waals surface area contributed by atoms with Gasteiger partial charge in [-0.2, -0.15) is 0 Å². The maximum Gasteiger partial charge on any atom is 0.0562 e. The third kappa shape index (κ3) is 6.44. The topological polar surface area (TPSA) is 19.7 Å². The molecule has 12 aromatic carbocycles. The first-order chi connectivity index (χ1) is 37.7. The van der Waals surface area contributed by atoms with Gasteiger partial charge in [-0.3, -0.25) is 0 Å². The molecule has 0 N–H and O–H groups in total. The van der Waals surface area contributed by atoms with Crippen molar-refractivity contribution in [2.75, 3.05) is 0 Å². The van der Waals surface area contributed by atoms with Gasteiger partial charge in [-0.05, 0) is 130 Å². The van der Waals surface area contributed by atoms with Gasteiger partial charge in [0.2, 0.25) is 0 Å². The molecule has 0 aliphatic rings. The Morgan fingerprint density at radius 3 is 0.789 bits per heavy atom. The van der Waals surface area contributed by atoms with Crippen LogP contribution in [0.15, 0.2) is 279 Å². The van der Waals surface area contributed by atoms with Crippen LogP contribution in [-0.4, -0.2) is 18.3 Å². The molecule has 0 spiro atoms. The molecule has 76 heavy (non-hydrogen) atoms. The molecule has 4 heteroatoms. The molecule has 0 amide bonds. The van der Waals surface area contributed by atoms with E-state index in [0.29, 0.717) is 0 Å². The Morgan fingerprint density at radius 2 is 0.408 bits per heavy atom. The third-order valence-corrected chi connectivity index (χ3v) is 15.9. The molecular formula is C72H46N4. The summed E-state index contributed by atoms with van der Waals surface area (Å²) in [6.45, 7) is 0. The Morgan fingerprint density at radius 1 is 0.145 bits per heavy atom. The van der Waals surface area contributed by atoms with Crippen molar-refractivity contribution in [2.24, 2.45) is 0 Å². The Bertz CT molecular complexity index is 4610. The SMILES string of the molecule is c1ccc(-c2ccc3c4cc5c6ccccc6n(-c6ccccc6)c5cc4n(-c4ccc(-c5ccc(-n6c7cc(-c8ccccc8)ccc7c7cc8c9ccccc9n(-c9ccccc9)c8cc76)cc5)cc4)c3c2)cc1. The van der Waals surface area contributed by atoms with Crippen LogP contribution in [0.3, 0.4) is 0 Å². The van der Waals surface area contributed by atoms with Crippen molar-refractivity contribution < 1.29 is 0 Å². The predicted octanol–water partition coefficient (Wildman–Crippen LogP) is 19.1. The summed E-state index contributed by atoms with van der Waals surface area (Å²) in [4.78, 5) is 0. The number of hydrogen-bond donors (Lipinski definition) is 0. The van der Waals surface area contributed by atoms with E-state index in [9.17, 15) is 0 Å². The molecule has 0 unspecified atom stereocenters. The Labute approximate surface area is 438 Å². The van der Waals surface area contributed by atoms with Gasteiger partial charge in [0.1, 0.15) is 0 Å². The van der Waals surface area contributed by atoms with Gasteiger partial charge in [-0.1, -0.05) is 182 Å². The molecule has 0 radical (unpaired) electrons. The standard InChI is InChI=1S/C72H46N4/c1-5-17-47(18-6-1)51-33-39-59-63-43-61-57-25-13-15-27-65(57)73(53-21-9-3-10-22-53)69(61)45-71(63)75(67(59)41-51)55-35-29-49(30-36-55)50-31-37-56(38-32-50)76-68-42-52(48-19-7-2-8-20-48)34-40-60(68)64-44-62-58-26-14-16-28-66(58)74(70(62)46-72(64)76)54-23-11-4-12-24-54/h1-46H. The first-order valence-corrected chi connectivity index (χ1v) is 26.2.